The molecule has 1 aliphatic carbocycles. The first-order chi connectivity index (χ1) is 13.5. The van der Waals surface area contributed by atoms with E-state index in [9.17, 15) is 14.7 Å². The molecule has 28 heavy (non-hydrogen) atoms. The van der Waals surface area contributed by atoms with Gasteiger partial charge in [-0.2, -0.15) is 9.50 Å². The summed E-state index contributed by atoms with van der Waals surface area (Å²) in [7, 11) is 0. The van der Waals surface area contributed by atoms with Crippen LogP contribution in [-0.4, -0.2) is 35.2 Å². The molecule has 8 nitrogen and oxygen atoms in total. The smallest absolute Gasteiger partial charge is 0.326 e. The number of rotatable bonds is 5. The number of hydrogen-bond acceptors (Lipinski definition) is 5. The average molecular weight is 383 g/mol. The van der Waals surface area contributed by atoms with Crippen molar-refractivity contribution in [1.29, 1.82) is 0 Å². The third-order valence-corrected chi connectivity index (χ3v) is 5.56. The van der Waals surface area contributed by atoms with Gasteiger partial charge in [0.25, 0.3) is 11.3 Å². The summed E-state index contributed by atoms with van der Waals surface area (Å²) in [6, 6.07) is 0.835. The van der Waals surface area contributed by atoms with Gasteiger partial charge in [0, 0.05) is 18.3 Å². The van der Waals surface area contributed by atoms with Crippen LogP contribution >= 0.6 is 0 Å². The summed E-state index contributed by atoms with van der Waals surface area (Å²) in [5.41, 5.74) is 0.240. The van der Waals surface area contributed by atoms with E-state index in [1.165, 1.54) is 30.0 Å². The lowest BCUT2D eigenvalue weighted by atomic mass is 9.89. The molecule has 1 unspecified atom stereocenters. The Bertz CT molecular complexity index is 1080. The van der Waals surface area contributed by atoms with Gasteiger partial charge in [-0.05, 0) is 31.2 Å². The maximum Gasteiger partial charge on any atom is 0.326 e. The van der Waals surface area contributed by atoms with Crippen LogP contribution in [0, 0.1) is 5.92 Å². The molecule has 0 amide bonds. The number of fused-ring (bicyclic) bond motifs is 3. The van der Waals surface area contributed by atoms with Gasteiger partial charge in [0.15, 0.2) is 5.82 Å². The highest BCUT2D eigenvalue weighted by Gasteiger charge is 2.24. The first-order valence-corrected chi connectivity index (χ1v) is 9.95. The molecule has 0 radical (unpaired) electrons. The van der Waals surface area contributed by atoms with E-state index >= 15 is 0 Å². The Morgan fingerprint density at radius 1 is 1.29 bits per heavy atom. The standard InChI is InChI=1S/C20H25N5O3/c1-12(2)10-16(19(27)28)24-9-8-15-14(18(24)26)11-21-20-22-17(23-25(15)20)13-6-4-3-5-7-13/h8-9,11-13,16H,3-7,10H2,1-2H3,(H,27,28). The molecule has 1 atom stereocenters. The summed E-state index contributed by atoms with van der Waals surface area (Å²) >= 11 is 0. The van der Waals surface area contributed by atoms with Crippen molar-refractivity contribution in [3.05, 3.63) is 34.6 Å². The van der Waals surface area contributed by atoms with Gasteiger partial charge in [-0.25, -0.2) is 9.78 Å². The van der Waals surface area contributed by atoms with Gasteiger partial charge in [0.2, 0.25) is 0 Å². The molecule has 0 saturated heterocycles. The molecular weight excluding hydrogens is 358 g/mol. The second kappa shape index (κ2) is 7.33. The van der Waals surface area contributed by atoms with Crippen LogP contribution in [0.2, 0.25) is 0 Å². The summed E-state index contributed by atoms with van der Waals surface area (Å²) in [5.74, 6) is 0.741. The van der Waals surface area contributed by atoms with Crippen LogP contribution in [0.5, 0.6) is 0 Å². The van der Waals surface area contributed by atoms with Crippen LogP contribution in [0.1, 0.15) is 70.2 Å². The van der Waals surface area contributed by atoms with Crippen LogP contribution in [0.25, 0.3) is 16.7 Å². The normalized spacial score (nSPS) is 16.8. The molecule has 3 aromatic heterocycles. The molecular formula is C20H25N5O3. The van der Waals surface area contributed by atoms with Crippen molar-refractivity contribution in [3.8, 4) is 0 Å². The molecule has 0 aliphatic heterocycles. The number of nitrogens with zero attached hydrogens (tertiary/aromatic N) is 5. The summed E-state index contributed by atoms with van der Waals surface area (Å²) in [6.45, 7) is 3.88. The molecule has 1 fully saturated rings. The molecule has 3 heterocycles. The molecule has 1 N–H and O–H groups in total. The molecule has 1 saturated carbocycles. The largest absolute Gasteiger partial charge is 0.480 e. The van der Waals surface area contributed by atoms with Crippen LogP contribution in [0.3, 0.4) is 0 Å². The lowest BCUT2D eigenvalue weighted by Crippen LogP contribution is -2.30. The molecule has 8 heteroatoms. The predicted octanol–water partition coefficient (Wildman–Crippen LogP) is 3.16. The van der Waals surface area contributed by atoms with E-state index < -0.39 is 12.0 Å². The first kappa shape index (κ1) is 18.6. The van der Waals surface area contributed by atoms with E-state index in [2.05, 4.69) is 15.1 Å². The zero-order chi connectivity index (χ0) is 19.8. The minimum Gasteiger partial charge on any atom is -0.480 e. The number of carboxylic acid groups (broad SMARTS) is 1. The summed E-state index contributed by atoms with van der Waals surface area (Å²) in [4.78, 5) is 33.6. The number of pyridine rings is 1. The van der Waals surface area contributed by atoms with E-state index in [-0.39, 0.29) is 11.5 Å². The van der Waals surface area contributed by atoms with Crippen molar-refractivity contribution in [1.82, 2.24) is 24.1 Å². The molecule has 4 rings (SSSR count). The average Bonchev–Trinajstić information content (AvgIpc) is 3.12. The fourth-order valence-corrected chi connectivity index (χ4v) is 4.11. The van der Waals surface area contributed by atoms with Gasteiger partial charge in [0.05, 0.1) is 10.9 Å². The van der Waals surface area contributed by atoms with Crippen molar-refractivity contribution < 1.29 is 9.90 Å². The lowest BCUT2D eigenvalue weighted by molar-refractivity contribution is -0.141. The van der Waals surface area contributed by atoms with Gasteiger partial charge >= 0.3 is 5.97 Å². The Labute approximate surface area is 162 Å². The SMILES string of the molecule is CC(C)CC(C(=O)O)n1ccc2c(cnc3nc(C4CCCCC4)nn32)c1=O. The van der Waals surface area contributed by atoms with Crippen molar-refractivity contribution in [2.45, 2.75) is 64.3 Å². The van der Waals surface area contributed by atoms with E-state index in [1.807, 2.05) is 13.8 Å². The van der Waals surface area contributed by atoms with Crippen LogP contribution in [0.4, 0.5) is 0 Å². The molecule has 0 bridgehead atoms. The second-order valence-corrected chi connectivity index (χ2v) is 8.09. The molecule has 0 spiro atoms. The Balaban J connectivity index is 1.81. The predicted molar refractivity (Wildman–Crippen MR) is 105 cm³/mol. The fraction of sp³-hybridized carbons (Fsp3) is 0.550. The fourth-order valence-electron chi connectivity index (χ4n) is 4.11. The summed E-state index contributed by atoms with van der Waals surface area (Å²) in [6.07, 6.45) is 9.20. The van der Waals surface area contributed by atoms with Crippen LogP contribution in [-0.2, 0) is 4.79 Å². The quantitative estimate of drug-likeness (QED) is 0.726. The van der Waals surface area contributed by atoms with Crippen LogP contribution in [0.15, 0.2) is 23.3 Å². The van der Waals surface area contributed by atoms with Gasteiger partial charge in [-0.1, -0.05) is 33.1 Å². The van der Waals surface area contributed by atoms with Gasteiger partial charge in [0.1, 0.15) is 6.04 Å². The number of hydrogen-bond donors (Lipinski definition) is 1. The number of carbonyl (C=O) groups is 1. The summed E-state index contributed by atoms with van der Waals surface area (Å²) in [5, 5.41) is 14.6. The third kappa shape index (κ3) is 3.27. The Hall–Kier alpha value is -2.77. The van der Waals surface area contributed by atoms with Gasteiger partial charge in [-0.15, -0.1) is 5.10 Å². The number of aromatic nitrogens is 5. The van der Waals surface area contributed by atoms with E-state index in [4.69, 9.17) is 0 Å². The molecule has 148 valence electrons. The van der Waals surface area contributed by atoms with Crippen molar-refractivity contribution in [3.63, 3.8) is 0 Å². The molecule has 1 aliphatic rings. The highest BCUT2D eigenvalue weighted by molar-refractivity contribution is 5.79. The zero-order valence-electron chi connectivity index (χ0n) is 16.2. The van der Waals surface area contributed by atoms with E-state index in [0.717, 1.165) is 18.7 Å². The van der Waals surface area contributed by atoms with Crippen molar-refractivity contribution in [2.75, 3.05) is 0 Å². The van der Waals surface area contributed by atoms with Crippen molar-refractivity contribution >= 4 is 22.6 Å². The zero-order valence-corrected chi connectivity index (χ0v) is 16.2. The molecule has 3 aromatic rings. The van der Waals surface area contributed by atoms with Gasteiger partial charge < -0.3 is 9.67 Å². The highest BCUT2D eigenvalue weighted by Crippen LogP contribution is 2.31. The third-order valence-electron chi connectivity index (χ3n) is 5.56. The maximum atomic E-state index is 13.0. The Morgan fingerprint density at radius 2 is 2.04 bits per heavy atom. The molecule has 0 aromatic carbocycles. The van der Waals surface area contributed by atoms with E-state index in [1.54, 1.807) is 16.8 Å². The van der Waals surface area contributed by atoms with Crippen molar-refractivity contribution in [2.24, 2.45) is 5.92 Å². The summed E-state index contributed by atoms with van der Waals surface area (Å²) < 4.78 is 2.90. The Morgan fingerprint density at radius 3 is 2.71 bits per heavy atom. The number of aliphatic carboxylic acids is 1. The lowest BCUT2D eigenvalue weighted by Gasteiger charge is -2.18. The van der Waals surface area contributed by atoms with Gasteiger partial charge in [-0.3, -0.25) is 4.79 Å². The minimum absolute atomic E-state index is 0.151. The maximum absolute atomic E-state index is 13.0. The first-order valence-electron chi connectivity index (χ1n) is 9.95. The highest BCUT2D eigenvalue weighted by atomic mass is 16.4. The monoisotopic (exact) mass is 383 g/mol. The second-order valence-electron chi connectivity index (χ2n) is 8.09. The van der Waals surface area contributed by atoms with E-state index in [0.29, 0.717) is 29.0 Å². The number of carboxylic acids is 1. The van der Waals surface area contributed by atoms with Crippen LogP contribution < -0.4 is 5.56 Å². The topological polar surface area (TPSA) is 102 Å². The minimum atomic E-state index is -1.01. The Kier molecular flexibility index (Phi) is 4.87.